The Morgan fingerprint density at radius 2 is 2.50 bits per heavy atom. The van der Waals surface area contributed by atoms with Gasteiger partial charge in [-0.15, -0.1) is 5.10 Å². The van der Waals surface area contributed by atoms with Crippen LogP contribution in [0.25, 0.3) is 0 Å². The van der Waals surface area contributed by atoms with Gasteiger partial charge in [0.05, 0.1) is 13.2 Å². The molecule has 0 aliphatic carbocycles. The lowest BCUT2D eigenvalue weighted by atomic mass is 10.2. The fourth-order valence-corrected chi connectivity index (χ4v) is 1.84. The highest BCUT2D eigenvalue weighted by molar-refractivity contribution is 5.05. The predicted molar refractivity (Wildman–Crippen MR) is 58.6 cm³/mol. The minimum atomic E-state index is -0.0983. The molecule has 88 valence electrons. The molecule has 1 aromatic heterocycles. The van der Waals surface area contributed by atoms with Crippen molar-refractivity contribution in [3.8, 4) is 5.88 Å². The molecule has 0 unspecified atom stereocenters. The number of aryl methyl sites for hydroxylation is 1. The summed E-state index contributed by atoms with van der Waals surface area (Å²) in [5, 5.41) is 4.08. The lowest BCUT2D eigenvalue weighted by molar-refractivity contribution is 0.0988. The van der Waals surface area contributed by atoms with Crippen molar-refractivity contribution in [2.75, 3.05) is 13.7 Å². The molecule has 1 fully saturated rings. The molecule has 0 saturated carbocycles. The second-order valence-corrected chi connectivity index (χ2v) is 3.86. The highest BCUT2D eigenvalue weighted by Gasteiger charge is 2.15. The Kier molecular flexibility index (Phi) is 3.56. The van der Waals surface area contributed by atoms with Gasteiger partial charge in [-0.3, -0.25) is 4.79 Å². The van der Waals surface area contributed by atoms with E-state index in [0.29, 0.717) is 12.4 Å². The van der Waals surface area contributed by atoms with Crippen LogP contribution in [0.2, 0.25) is 0 Å². The predicted octanol–water partition coefficient (Wildman–Crippen LogP) is 0.821. The van der Waals surface area contributed by atoms with Gasteiger partial charge in [-0.25, -0.2) is 4.68 Å². The molecule has 1 saturated heterocycles. The summed E-state index contributed by atoms with van der Waals surface area (Å²) < 4.78 is 11.9. The molecule has 16 heavy (non-hydrogen) atoms. The summed E-state index contributed by atoms with van der Waals surface area (Å²) in [5.74, 6) is 0.465. The molecule has 1 atom stereocenters. The van der Waals surface area contributed by atoms with Crippen molar-refractivity contribution in [2.24, 2.45) is 0 Å². The van der Waals surface area contributed by atoms with E-state index in [9.17, 15) is 4.79 Å². The monoisotopic (exact) mass is 224 g/mol. The van der Waals surface area contributed by atoms with Crippen LogP contribution in [0.4, 0.5) is 0 Å². The molecule has 1 aliphatic heterocycles. The fourth-order valence-electron chi connectivity index (χ4n) is 1.84. The normalized spacial score (nSPS) is 19.9. The molecule has 5 nitrogen and oxygen atoms in total. The Morgan fingerprint density at radius 1 is 1.62 bits per heavy atom. The molecular weight excluding hydrogens is 208 g/mol. The van der Waals surface area contributed by atoms with Crippen molar-refractivity contribution in [1.82, 2.24) is 9.78 Å². The van der Waals surface area contributed by atoms with E-state index < -0.39 is 0 Å². The van der Waals surface area contributed by atoms with Crippen LogP contribution in [0.3, 0.4) is 0 Å². The van der Waals surface area contributed by atoms with Crippen LogP contribution in [0.5, 0.6) is 5.88 Å². The standard InChI is InChI=1S/C11H16N2O3/c1-15-10-4-5-11(14)13(12-10)7-6-9-3-2-8-16-9/h4-5,9H,2-3,6-8H2,1H3/t9-/m1/s1. The number of hydrogen-bond acceptors (Lipinski definition) is 4. The summed E-state index contributed by atoms with van der Waals surface area (Å²) in [7, 11) is 1.54. The Balaban J connectivity index is 1.99. The summed E-state index contributed by atoms with van der Waals surface area (Å²) in [6.45, 7) is 1.42. The zero-order chi connectivity index (χ0) is 11.4. The van der Waals surface area contributed by atoms with E-state index in [1.807, 2.05) is 0 Å². The SMILES string of the molecule is COc1ccc(=O)n(CC[C@H]2CCCO2)n1. The first kappa shape index (κ1) is 11.1. The molecule has 5 heteroatoms. The number of rotatable bonds is 4. The van der Waals surface area contributed by atoms with E-state index in [0.717, 1.165) is 25.9 Å². The van der Waals surface area contributed by atoms with E-state index in [1.54, 1.807) is 6.07 Å². The zero-order valence-electron chi connectivity index (χ0n) is 9.39. The van der Waals surface area contributed by atoms with Gasteiger partial charge in [-0.1, -0.05) is 0 Å². The Bertz CT molecular complexity index is 396. The number of aromatic nitrogens is 2. The molecule has 1 aromatic rings. The lowest BCUT2D eigenvalue weighted by Crippen LogP contribution is -2.24. The van der Waals surface area contributed by atoms with Gasteiger partial charge in [-0.05, 0) is 19.3 Å². The van der Waals surface area contributed by atoms with Crippen LogP contribution in [-0.2, 0) is 11.3 Å². The largest absolute Gasteiger partial charge is 0.480 e. The topological polar surface area (TPSA) is 53.4 Å². The van der Waals surface area contributed by atoms with Crippen LogP contribution < -0.4 is 10.3 Å². The van der Waals surface area contributed by atoms with Gasteiger partial charge >= 0.3 is 0 Å². The molecule has 0 radical (unpaired) electrons. The smallest absolute Gasteiger partial charge is 0.266 e. The molecule has 0 N–H and O–H groups in total. The maximum absolute atomic E-state index is 11.5. The molecule has 0 spiro atoms. The highest BCUT2D eigenvalue weighted by Crippen LogP contribution is 2.15. The van der Waals surface area contributed by atoms with E-state index in [-0.39, 0.29) is 11.7 Å². The number of nitrogens with zero attached hydrogens (tertiary/aromatic N) is 2. The number of hydrogen-bond donors (Lipinski definition) is 0. The van der Waals surface area contributed by atoms with Crippen molar-refractivity contribution in [3.05, 3.63) is 22.5 Å². The highest BCUT2D eigenvalue weighted by atomic mass is 16.5. The van der Waals surface area contributed by atoms with Crippen molar-refractivity contribution in [3.63, 3.8) is 0 Å². The summed E-state index contributed by atoms with van der Waals surface area (Å²) >= 11 is 0. The van der Waals surface area contributed by atoms with Crippen LogP contribution in [0, 0.1) is 0 Å². The summed E-state index contributed by atoms with van der Waals surface area (Å²) in [4.78, 5) is 11.5. The van der Waals surface area contributed by atoms with Gasteiger partial charge in [0.25, 0.3) is 5.56 Å². The summed E-state index contributed by atoms with van der Waals surface area (Å²) in [6, 6.07) is 3.05. The molecule has 1 aliphatic rings. The van der Waals surface area contributed by atoms with Crippen LogP contribution >= 0.6 is 0 Å². The zero-order valence-corrected chi connectivity index (χ0v) is 9.39. The second-order valence-electron chi connectivity index (χ2n) is 3.86. The van der Waals surface area contributed by atoms with E-state index >= 15 is 0 Å². The third-order valence-electron chi connectivity index (χ3n) is 2.74. The van der Waals surface area contributed by atoms with Gasteiger partial charge in [0.1, 0.15) is 0 Å². The first-order valence-electron chi connectivity index (χ1n) is 5.53. The van der Waals surface area contributed by atoms with Crippen molar-refractivity contribution in [1.29, 1.82) is 0 Å². The van der Waals surface area contributed by atoms with Gasteiger partial charge in [0.2, 0.25) is 5.88 Å². The lowest BCUT2D eigenvalue weighted by Gasteiger charge is -2.10. The first-order valence-corrected chi connectivity index (χ1v) is 5.53. The molecule has 2 heterocycles. The van der Waals surface area contributed by atoms with Gasteiger partial charge in [0.15, 0.2) is 0 Å². The Hall–Kier alpha value is -1.36. The maximum atomic E-state index is 11.5. The summed E-state index contributed by atoms with van der Waals surface area (Å²) in [6.07, 6.45) is 3.31. The third-order valence-corrected chi connectivity index (χ3v) is 2.74. The molecule has 0 amide bonds. The maximum Gasteiger partial charge on any atom is 0.266 e. The van der Waals surface area contributed by atoms with Crippen LogP contribution in [0.1, 0.15) is 19.3 Å². The minimum Gasteiger partial charge on any atom is -0.480 e. The van der Waals surface area contributed by atoms with Gasteiger partial charge in [-0.2, -0.15) is 0 Å². The quantitative estimate of drug-likeness (QED) is 0.759. The van der Waals surface area contributed by atoms with Gasteiger partial charge < -0.3 is 9.47 Å². The van der Waals surface area contributed by atoms with Crippen LogP contribution in [0.15, 0.2) is 16.9 Å². The van der Waals surface area contributed by atoms with E-state index in [4.69, 9.17) is 9.47 Å². The average Bonchev–Trinajstić information content (AvgIpc) is 2.81. The average molecular weight is 224 g/mol. The third kappa shape index (κ3) is 2.61. The second kappa shape index (κ2) is 5.12. The van der Waals surface area contributed by atoms with Crippen molar-refractivity contribution < 1.29 is 9.47 Å². The Labute approximate surface area is 94.0 Å². The van der Waals surface area contributed by atoms with E-state index in [2.05, 4.69) is 5.10 Å². The van der Waals surface area contributed by atoms with E-state index in [1.165, 1.54) is 17.9 Å². The first-order chi connectivity index (χ1) is 7.79. The van der Waals surface area contributed by atoms with Crippen LogP contribution in [-0.4, -0.2) is 29.6 Å². The molecule has 0 bridgehead atoms. The van der Waals surface area contributed by atoms with Crippen molar-refractivity contribution in [2.45, 2.75) is 31.9 Å². The molecule has 0 aromatic carbocycles. The fraction of sp³-hybridized carbons (Fsp3) is 0.636. The van der Waals surface area contributed by atoms with Crippen molar-refractivity contribution >= 4 is 0 Å². The number of ether oxygens (including phenoxy) is 2. The number of methoxy groups -OCH3 is 1. The Morgan fingerprint density at radius 3 is 3.19 bits per heavy atom. The summed E-state index contributed by atoms with van der Waals surface area (Å²) in [5.41, 5.74) is -0.0983. The molecular formula is C11H16N2O3. The molecule has 2 rings (SSSR count). The van der Waals surface area contributed by atoms with Gasteiger partial charge in [0, 0.05) is 25.3 Å². The minimum absolute atomic E-state index is 0.0983.